The molecule has 1 amide bonds. The van der Waals surface area contributed by atoms with Gasteiger partial charge in [0.1, 0.15) is 0 Å². The number of rotatable bonds is 4. The largest absolute Gasteiger partial charge is 0.326 e. The van der Waals surface area contributed by atoms with E-state index < -0.39 is 0 Å². The van der Waals surface area contributed by atoms with Gasteiger partial charge in [0.05, 0.1) is 12.2 Å². The van der Waals surface area contributed by atoms with Gasteiger partial charge in [-0.15, -0.1) is 0 Å². The van der Waals surface area contributed by atoms with Crippen molar-refractivity contribution < 1.29 is 4.79 Å². The molecular formula is C12H22N2O. The molecule has 0 spiro atoms. The van der Waals surface area contributed by atoms with Gasteiger partial charge in [-0.2, -0.15) is 0 Å². The summed E-state index contributed by atoms with van der Waals surface area (Å²) in [4.78, 5) is 14.1. The zero-order chi connectivity index (χ0) is 11.0. The van der Waals surface area contributed by atoms with Gasteiger partial charge >= 0.3 is 0 Å². The lowest BCUT2D eigenvalue weighted by Gasteiger charge is -2.20. The van der Waals surface area contributed by atoms with Crippen molar-refractivity contribution in [3.8, 4) is 0 Å². The fourth-order valence-corrected chi connectivity index (χ4v) is 2.30. The molecule has 0 aromatic rings. The molecule has 15 heavy (non-hydrogen) atoms. The Morgan fingerprint density at radius 2 is 2.13 bits per heavy atom. The summed E-state index contributed by atoms with van der Waals surface area (Å²) in [5, 5.41) is 3.37. The normalized spacial score (nSPS) is 31.7. The third-order valence-electron chi connectivity index (χ3n) is 3.58. The highest BCUT2D eigenvalue weighted by Gasteiger charge is 2.38. The monoisotopic (exact) mass is 210 g/mol. The maximum atomic E-state index is 12.1. The van der Waals surface area contributed by atoms with Gasteiger partial charge in [-0.05, 0) is 25.2 Å². The average molecular weight is 210 g/mol. The lowest BCUT2D eigenvalue weighted by atomic mass is 10.1. The smallest absolute Gasteiger partial charge is 0.241 e. The standard InChI is InChI=1S/C12H22N2O/c1-8(2)11-12(15)14(9(3)13-11)7-6-10-4-5-10/h8-11,13H,4-7H2,1-3H3. The summed E-state index contributed by atoms with van der Waals surface area (Å²) in [7, 11) is 0. The number of carbonyl (C=O) groups excluding carboxylic acids is 1. The van der Waals surface area contributed by atoms with Crippen LogP contribution in [0.2, 0.25) is 0 Å². The minimum atomic E-state index is 0.0409. The van der Waals surface area contributed by atoms with Crippen molar-refractivity contribution in [1.82, 2.24) is 10.2 Å². The molecule has 1 N–H and O–H groups in total. The summed E-state index contributed by atoms with van der Waals surface area (Å²) in [5.41, 5.74) is 0. The van der Waals surface area contributed by atoms with E-state index in [2.05, 4.69) is 26.1 Å². The van der Waals surface area contributed by atoms with Crippen LogP contribution in [0.4, 0.5) is 0 Å². The first-order valence-electron chi connectivity index (χ1n) is 6.16. The summed E-state index contributed by atoms with van der Waals surface area (Å²) >= 11 is 0. The Morgan fingerprint density at radius 1 is 1.47 bits per heavy atom. The Hall–Kier alpha value is -0.570. The second-order valence-corrected chi connectivity index (χ2v) is 5.33. The molecule has 0 radical (unpaired) electrons. The first kappa shape index (κ1) is 10.9. The van der Waals surface area contributed by atoms with E-state index in [0.717, 1.165) is 12.5 Å². The van der Waals surface area contributed by atoms with E-state index in [1.165, 1.54) is 19.3 Å². The second kappa shape index (κ2) is 4.12. The van der Waals surface area contributed by atoms with Gasteiger partial charge in [0, 0.05) is 6.54 Å². The summed E-state index contributed by atoms with van der Waals surface area (Å²) in [5.74, 6) is 1.60. The van der Waals surface area contributed by atoms with Crippen LogP contribution in [0, 0.1) is 11.8 Å². The maximum absolute atomic E-state index is 12.1. The fraction of sp³-hybridized carbons (Fsp3) is 0.917. The summed E-state index contributed by atoms with van der Waals surface area (Å²) in [6.07, 6.45) is 4.17. The highest BCUT2D eigenvalue weighted by molar-refractivity contribution is 5.84. The Morgan fingerprint density at radius 3 is 2.60 bits per heavy atom. The van der Waals surface area contributed by atoms with Crippen molar-refractivity contribution in [3.05, 3.63) is 0 Å². The number of hydrogen-bond acceptors (Lipinski definition) is 2. The van der Waals surface area contributed by atoms with E-state index in [1.807, 2.05) is 4.90 Å². The summed E-state index contributed by atoms with van der Waals surface area (Å²) in [6.45, 7) is 7.24. The highest BCUT2D eigenvalue weighted by Crippen LogP contribution is 2.33. The molecule has 2 aliphatic rings. The maximum Gasteiger partial charge on any atom is 0.241 e. The topological polar surface area (TPSA) is 32.3 Å². The van der Waals surface area contributed by atoms with E-state index in [0.29, 0.717) is 11.8 Å². The van der Waals surface area contributed by atoms with Crippen molar-refractivity contribution in [2.75, 3.05) is 6.54 Å². The number of carbonyl (C=O) groups is 1. The van der Waals surface area contributed by atoms with Gasteiger partial charge in [-0.25, -0.2) is 0 Å². The molecule has 1 saturated heterocycles. The molecule has 1 aliphatic heterocycles. The lowest BCUT2D eigenvalue weighted by molar-refractivity contribution is -0.130. The molecule has 1 heterocycles. The molecule has 2 atom stereocenters. The summed E-state index contributed by atoms with van der Waals surface area (Å²) in [6, 6.07) is 0.0409. The molecule has 0 aromatic heterocycles. The molecule has 86 valence electrons. The van der Waals surface area contributed by atoms with E-state index in [-0.39, 0.29) is 12.2 Å². The van der Waals surface area contributed by atoms with E-state index in [4.69, 9.17) is 0 Å². The minimum Gasteiger partial charge on any atom is -0.326 e. The van der Waals surface area contributed by atoms with Crippen molar-refractivity contribution in [2.24, 2.45) is 11.8 Å². The molecule has 2 fully saturated rings. The lowest BCUT2D eigenvalue weighted by Crippen LogP contribution is -2.35. The number of nitrogens with one attached hydrogen (secondary N) is 1. The van der Waals surface area contributed by atoms with Crippen LogP contribution in [0.1, 0.15) is 40.0 Å². The Balaban J connectivity index is 1.89. The first-order chi connectivity index (χ1) is 7.09. The van der Waals surface area contributed by atoms with Gasteiger partial charge in [0.2, 0.25) is 5.91 Å². The van der Waals surface area contributed by atoms with Crippen LogP contribution in [-0.4, -0.2) is 29.6 Å². The van der Waals surface area contributed by atoms with Crippen molar-refractivity contribution in [3.63, 3.8) is 0 Å². The van der Waals surface area contributed by atoms with Gasteiger partial charge in [0.25, 0.3) is 0 Å². The number of amides is 1. The van der Waals surface area contributed by atoms with Crippen LogP contribution in [0.15, 0.2) is 0 Å². The van der Waals surface area contributed by atoms with E-state index in [9.17, 15) is 4.79 Å². The second-order valence-electron chi connectivity index (χ2n) is 5.33. The minimum absolute atomic E-state index is 0.0409. The predicted octanol–water partition coefficient (Wildman–Crippen LogP) is 1.59. The van der Waals surface area contributed by atoms with Crippen molar-refractivity contribution in [1.29, 1.82) is 0 Å². The number of hydrogen-bond donors (Lipinski definition) is 1. The Bertz CT molecular complexity index is 248. The first-order valence-corrected chi connectivity index (χ1v) is 6.16. The zero-order valence-electron chi connectivity index (χ0n) is 9.99. The van der Waals surface area contributed by atoms with Crippen LogP contribution in [0.5, 0.6) is 0 Å². The fourth-order valence-electron chi connectivity index (χ4n) is 2.30. The molecule has 2 rings (SSSR count). The van der Waals surface area contributed by atoms with E-state index in [1.54, 1.807) is 0 Å². The van der Waals surface area contributed by atoms with Gasteiger partial charge in [0.15, 0.2) is 0 Å². The highest BCUT2D eigenvalue weighted by atomic mass is 16.2. The third kappa shape index (κ3) is 2.33. The average Bonchev–Trinajstić information content (AvgIpc) is 2.93. The molecule has 1 aliphatic carbocycles. The van der Waals surface area contributed by atoms with Gasteiger partial charge in [-0.3, -0.25) is 10.1 Å². The van der Waals surface area contributed by atoms with Gasteiger partial charge in [-0.1, -0.05) is 26.7 Å². The Kier molecular flexibility index (Phi) is 3.01. The molecule has 2 unspecified atom stereocenters. The van der Waals surface area contributed by atoms with Crippen LogP contribution in [0.3, 0.4) is 0 Å². The summed E-state index contributed by atoms with van der Waals surface area (Å²) < 4.78 is 0. The predicted molar refractivity (Wildman–Crippen MR) is 60.3 cm³/mol. The zero-order valence-corrected chi connectivity index (χ0v) is 9.99. The van der Waals surface area contributed by atoms with Gasteiger partial charge < -0.3 is 4.90 Å². The Labute approximate surface area is 92.2 Å². The molecule has 0 bridgehead atoms. The molecular weight excluding hydrogens is 188 g/mol. The van der Waals surface area contributed by atoms with Crippen LogP contribution >= 0.6 is 0 Å². The number of nitrogens with zero attached hydrogens (tertiary/aromatic N) is 1. The van der Waals surface area contributed by atoms with Crippen LogP contribution < -0.4 is 5.32 Å². The third-order valence-corrected chi connectivity index (χ3v) is 3.58. The van der Waals surface area contributed by atoms with Crippen molar-refractivity contribution >= 4 is 5.91 Å². The molecule has 3 heteroatoms. The SMILES string of the molecule is CC(C)C1NC(C)N(CCC2CC2)C1=O. The van der Waals surface area contributed by atoms with Crippen LogP contribution in [-0.2, 0) is 4.79 Å². The van der Waals surface area contributed by atoms with E-state index >= 15 is 0 Å². The quantitative estimate of drug-likeness (QED) is 0.764. The molecule has 1 saturated carbocycles. The molecule has 0 aromatic carbocycles. The molecule has 3 nitrogen and oxygen atoms in total. The van der Waals surface area contributed by atoms with Crippen LogP contribution in [0.25, 0.3) is 0 Å². The van der Waals surface area contributed by atoms with Crippen molar-refractivity contribution in [2.45, 2.75) is 52.2 Å².